The van der Waals surface area contributed by atoms with Crippen LogP contribution in [-0.4, -0.2) is 6.54 Å². The predicted octanol–water partition coefficient (Wildman–Crippen LogP) is 9.08. The van der Waals surface area contributed by atoms with Crippen LogP contribution in [0.4, 0.5) is 5.69 Å². The molecule has 0 spiro atoms. The van der Waals surface area contributed by atoms with E-state index in [1.54, 1.807) is 0 Å². The molecule has 0 amide bonds. The summed E-state index contributed by atoms with van der Waals surface area (Å²) in [4.78, 5) is 3.83. The molecule has 5 aromatic rings. The van der Waals surface area contributed by atoms with E-state index in [0.29, 0.717) is 0 Å². The normalized spacial score (nSPS) is 14.7. The molecule has 4 heteroatoms. The zero-order valence-electron chi connectivity index (χ0n) is 22.5. The van der Waals surface area contributed by atoms with Gasteiger partial charge >= 0.3 is 0 Å². The van der Waals surface area contributed by atoms with E-state index >= 15 is 0 Å². The number of nitrogens with zero attached hydrogens (tertiary/aromatic N) is 2. The Kier molecular flexibility index (Phi) is 6.86. The van der Waals surface area contributed by atoms with Gasteiger partial charge in [0.15, 0.2) is 0 Å². The highest BCUT2D eigenvalue weighted by Crippen LogP contribution is 2.47. The number of hydrogen-bond acceptors (Lipinski definition) is 3. The van der Waals surface area contributed by atoms with Crippen molar-refractivity contribution in [1.82, 2.24) is 0 Å². The van der Waals surface area contributed by atoms with Crippen LogP contribution in [0.1, 0.15) is 35.5 Å². The molecular weight excluding hydrogens is 501 g/mol. The van der Waals surface area contributed by atoms with Gasteiger partial charge in [0.1, 0.15) is 11.2 Å². The molecule has 1 aliphatic rings. The Bertz CT molecular complexity index is 1710. The number of fused-ring (bicyclic) bond motifs is 4. The van der Waals surface area contributed by atoms with Gasteiger partial charge in [0.05, 0.1) is 10.7 Å². The molecule has 190 valence electrons. The number of thiazole rings is 1. The SMILES string of the molecule is CCN1C(=CC(=Cc2sc3c4ccccc4ccc3[n+]2CC)Cc2ccccc2)Sc2cc(C)c(C)cc21. The topological polar surface area (TPSA) is 7.12 Å². The highest BCUT2D eigenvalue weighted by molar-refractivity contribution is 8.03. The van der Waals surface area contributed by atoms with Crippen LogP contribution < -0.4 is 9.47 Å². The van der Waals surface area contributed by atoms with Gasteiger partial charge in [-0.05, 0) is 86.0 Å². The van der Waals surface area contributed by atoms with E-state index in [4.69, 9.17) is 0 Å². The second-order valence-corrected chi connectivity index (χ2v) is 12.0. The summed E-state index contributed by atoms with van der Waals surface area (Å²) >= 11 is 3.81. The van der Waals surface area contributed by atoms with E-state index in [9.17, 15) is 0 Å². The van der Waals surface area contributed by atoms with Gasteiger partial charge in [-0.25, -0.2) is 0 Å². The van der Waals surface area contributed by atoms with Gasteiger partial charge in [-0.1, -0.05) is 77.7 Å². The van der Waals surface area contributed by atoms with E-state index in [1.807, 2.05) is 23.1 Å². The maximum Gasteiger partial charge on any atom is 0.263 e. The number of aromatic nitrogens is 1. The van der Waals surface area contributed by atoms with Crippen LogP contribution in [-0.2, 0) is 13.0 Å². The first-order valence-corrected chi connectivity index (χ1v) is 15.1. The highest BCUT2D eigenvalue weighted by Gasteiger charge is 2.26. The minimum Gasteiger partial charge on any atom is -0.335 e. The fourth-order valence-corrected chi connectivity index (χ4v) is 7.96. The van der Waals surface area contributed by atoms with Crippen LogP contribution >= 0.6 is 23.1 Å². The van der Waals surface area contributed by atoms with Gasteiger partial charge < -0.3 is 4.90 Å². The first-order chi connectivity index (χ1) is 18.6. The lowest BCUT2D eigenvalue weighted by atomic mass is 10.0. The van der Waals surface area contributed by atoms with Gasteiger partial charge in [-0.3, -0.25) is 0 Å². The molecule has 2 heterocycles. The number of thioether (sulfide) groups is 1. The van der Waals surface area contributed by atoms with Gasteiger partial charge in [0, 0.05) is 29.0 Å². The zero-order valence-corrected chi connectivity index (χ0v) is 24.1. The van der Waals surface area contributed by atoms with Crippen molar-refractivity contribution in [1.29, 1.82) is 0 Å². The molecule has 0 bridgehead atoms. The zero-order chi connectivity index (χ0) is 26.2. The Morgan fingerprint density at radius 3 is 2.45 bits per heavy atom. The van der Waals surface area contributed by atoms with Gasteiger partial charge in [-0.15, -0.1) is 0 Å². The van der Waals surface area contributed by atoms with Crippen LogP contribution in [0.2, 0.25) is 0 Å². The molecule has 0 aliphatic carbocycles. The minimum atomic E-state index is 0.898. The fraction of sp³-hybridized carbons (Fsp3) is 0.206. The molecule has 0 N–H and O–H groups in total. The summed E-state index contributed by atoms with van der Waals surface area (Å²) in [7, 11) is 0. The van der Waals surface area contributed by atoms with E-state index in [2.05, 4.69) is 128 Å². The van der Waals surface area contributed by atoms with Crippen LogP contribution in [0, 0.1) is 13.8 Å². The molecule has 0 atom stereocenters. The number of aryl methyl sites for hydroxylation is 3. The standard InChI is InChI=1S/C34H33N2S2/c1-5-35-29-17-16-27-14-10-11-15-28(27)34(29)38-33(35)22-26(20-25-12-8-7-9-13-25)21-32-36(6-2)30-18-23(3)24(4)19-31(30)37-32/h7-19,21-22H,5-6,20H2,1-4H3/q+1. The summed E-state index contributed by atoms with van der Waals surface area (Å²) in [6, 6.07) is 28.8. The minimum absolute atomic E-state index is 0.898. The monoisotopic (exact) mass is 533 g/mol. The number of rotatable bonds is 6. The summed E-state index contributed by atoms with van der Waals surface area (Å²) in [6.45, 7) is 10.8. The lowest BCUT2D eigenvalue weighted by Crippen LogP contribution is -2.33. The van der Waals surface area contributed by atoms with Crippen molar-refractivity contribution in [3.8, 4) is 0 Å². The maximum atomic E-state index is 2.47. The Morgan fingerprint density at radius 1 is 0.895 bits per heavy atom. The van der Waals surface area contributed by atoms with Gasteiger partial charge in [-0.2, -0.15) is 4.57 Å². The Labute approximate surface area is 233 Å². The average Bonchev–Trinajstić information content (AvgIpc) is 3.45. The third-order valence-electron chi connectivity index (χ3n) is 7.47. The summed E-state index contributed by atoms with van der Waals surface area (Å²) < 4.78 is 3.84. The number of allylic oxidation sites excluding steroid dienone is 2. The van der Waals surface area contributed by atoms with Crippen molar-refractivity contribution >= 4 is 55.9 Å². The van der Waals surface area contributed by atoms with Gasteiger partial charge in [0.2, 0.25) is 5.52 Å². The third-order valence-corrected chi connectivity index (χ3v) is 9.75. The largest absolute Gasteiger partial charge is 0.335 e. The second-order valence-electron chi connectivity index (χ2n) is 9.93. The molecule has 0 saturated heterocycles. The van der Waals surface area contributed by atoms with Crippen LogP contribution in [0.3, 0.4) is 0 Å². The molecular formula is C34H33N2S2+. The van der Waals surface area contributed by atoms with Crippen molar-refractivity contribution in [2.75, 3.05) is 11.4 Å². The van der Waals surface area contributed by atoms with E-state index < -0.39 is 0 Å². The maximum absolute atomic E-state index is 2.47. The van der Waals surface area contributed by atoms with Crippen molar-refractivity contribution in [2.24, 2.45) is 0 Å². The molecule has 0 unspecified atom stereocenters. The Balaban J connectivity index is 1.49. The van der Waals surface area contributed by atoms with E-state index in [0.717, 1.165) is 19.5 Å². The molecule has 2 nitrogen and oxygen atoms in total. The first-order valence-electron chi connectivity index (χ1n) is 13.4. The molecule has 4 aromatic carbocycles. The quantitative estimate of drug-likeness (QED) is 0.201. The predicted molar refractivity (Wildman–Crippen MR) is 166 cm³/mol. The van der Waals surface area contributed by atoms with E-state index in [-0.39, 0.29) is 0 Å². The molecule has 1 aromatic heterocycles. The van der Waals surface area contributed by atoms with Crippen molar-refractivity contribution in [3.05, 3.63) is 117 Å². The summed E-state index contributed by atoms with van der Waals surface area (Å²) in [6.07, 6.45) is 5.75. The number of hydrogen-bond donors (Lipinski definition) is 0. The van der Waals surface area contributed by atoms with Gasteiger partial charge in [0.25, 0.3) is 5.01 Å². The lowest BCUT2D eigenvalue weighted by Gasteiger charge is -2.19. The molecule has 6 rings (SSSR count). The third kappa shape index (κ3) is 4.57. The molecule has 38 heavy (non-hydrogen) atoms. The summed E-state index contributed by atoms with van der Waals surface area (Å²) in [5.41, 5.74) is 8.03. The highest BCUT2D eigenvalue weighted by atomic mass is 32.2. The smallest absolute Gasteiger partial charge is 0.263 e. The van der Waals surface area contributed by atoms with Crippen LogP contribution in [0.15, 0.2) is 100 Å². The number of benzene rings is 4. The van der Waals surface area contributed by atoms with Crippen molar-refractivity contribution in [2.45, 2.75) is 45.6 Å². The van der Waals surface area contributed by atoms with Crippen molar-refractivity contribution in [3.63, 3.8) is 0 Å². The molecule has 0 fully saturated rings. The molecule has 0 radical (unpaired) electrons. The van der Waals surface area contributed by atoms with Crippen molar-refractivity contribution < 1.29 is 4.57 Å². The average molecular weight is 534 g/mol. The Morgan fingerprint density at radius 2 is 1.66 bits per heavy atom. The fourth-order valence-electron chi connectivity index (χ4n) is 5.34. The van der Waals surface area contributed by atoms with Crippen LogP contribution in [0.25, 0.3) is 27.1 Å². The van der Waals surface area contributed by atoms with Crippen LogP contribution in [0.5, 0.6) is 0 Å². The number of anilines is 1. The van der Waals surface area contributed by atoms with E-state index in [1.165, 1.54) is 63.9 Å². The first kappa shape index (κ1) is 25.0. The summed E-state index contributed by atoms with van der Waals surface area (Å²) in [5, 5.41) is 5.25. The molecule has 1 aliphatic heterocycles. The molecule has 0 saturated carbocycles. The second kappa shape index (κ2) is 10.4. The Hall–Kier alpha value is -3.34. The lowest BCUT2D eigenvalue weighted by molar-refractivity contribution is -0.665. The summed E-state index contributed by atoms with van der Waals surface area (Å²) in [5.74, 6) is 0.